The molecule has 1 heterocycles. The zero-order valence-electron chi connectivity index (χ0n) is 14.1. The van der Waals surface area contributed by atoms with Gasteiger partial charge in [-0.15, -0.1) is 0 Å². The number of carbonyl (C=O) groups is 1. The molecular weight excluding hydrogens is 300 g/mol. The molecule has 1 saturated heterocycles. The number of rotatable bonds is 6. The van der Waals surface area contributed by atoms with E-state index < -0.39 is 14.8 Å². The molecule has 1 aliphatic heterocycles. The Bertz CT molecular complexity index is 488. The van der Waals surface area contributed by atoms with E-state index in [0.29, 0.717) is 13.1 Å². The summed E-state index contributed by atoms with van der Waals surface area (Å²) < 4.78 is 27.2. The smallest absolute Gasteiger partial charge is 0.225 e. The summed E-state index contributed by atoms with van der Waals surface area (Å²) in [4.78, 5) is 14.3. The van der Waals surface area contributed by atoms with Crippen LogP contribution in [0.15, 0.2) is 0 Å². The molecule has 22 heavy (non-hydrogen) atoms. The van der Waals surface area contributed by atoms with Gasteiger partial charge in [-0.1, -0.05) is 20.3 Å². The highest BCUT2D eigenvalue weighted by molar-refractivity contribution is 7.91. The second-order valence-corrected chi connectivity index (χ2v) is 9.27. The fourth-order valence-electron chi connectivity index (χ4n) is 3.42. The van der Waals surface area contributed by atoms with Crippen molar-refractivity contribution in [2.45, 2.75) is 76.5 Å². The van der Waals surface area contributed by atoms with Crippen LogP contribution in [0.1, 0.15) is 65.7 Å². The molecule has 2 fully saturated rings. The van der Waals surface area contributed by atoms with Gasteiger partial charge in [0.1, 0.15) is 0 Å². The van der Waals surface area contributed by atoms with Crippen molar-refractivity contribution in [2.75, 3.05) is 13.1 Å². The average Bonchev–Trinajstić information content (AvgIpc) is 2.46. The Morgan fingerprint density at radius 2 is 1.77 bits per heavy atom. The van der Waals surface area contributed by atoms with E-state index in [2.05, 4.69) is 4.72 Å². The molecule has 128 valence electrons. The van der Waals surface area contributed by atoms with E-state index in [1.54, 1.807) is 0 Å². The van der Waals surface area contributed by atoms with Gasteiger partial charge in [0.2, 0.25) is 15.9 Å². The summed E-state index contributed by atoms with van der Waals surface area (Å²) >= 11 is 0. The fraction of sp³-hybridized carbons (Fsp3) is 0.938. The zero-order chi connectivity index (χ0) is 16.4. The Kier molecular flexibility index (Phi) is 5.54. The Labute approximate surface area is 134 Å². The van der Waals surface area contributed by atoms with E-state index in [4.69, 9.17) is 0 Å². The number of carbonyl (C=O) groups excluding carboxylic acids is 1. The van der Waals surface area contributed by atoms with Crippen molar-refractivity contribution in [2.24, 2.45) is 5.92 Å². The van der Waals surface area contributed by atoms with Crippen molar-refractivity contribution in [3.05, 3.63) is 0 Å². The minimum Gasteiger partial charge on any atom is -0.342 e. The predicted molar refractivity (Wildman–Crippen MR) is 88.0 cm³/mol. The highest BCUT2D eigenvalue weighted by Gasteiger charge is 2.45. The number of hydrogen-bond acceptors (Lipinski definition) is 3. The van der Waals surface area contributed by atoms with E-state index in [1.165, 1.54) is 0 Å². The van der Waals surface area contributed by atoms with Crippen LogP contribution in [0.4, 0.5) is 0 Å². The molecule has 1 saturated carbocycles. The third-order valence-electron chi connectivity index (χ3n) is 5.52. The van der Waals surface area contributed by atoms with Crippen LogP contribution < -0.4 is 4.72 Å². The Hall–Kier alpha value is -0.620. The van der Waals surface area contributed by atoms with Gasteiger partial charge in [-0.25, -0.2) is 13.1 Å². The molecule has 0 unspecified atom stereocenters. The molecule has 0 atom stereocenters. The lowest BCUT2D eigenvalue weighted by atomic mass is 9.86. The van der Waals surface area contributed by atoms with Crippen LogP contribution in [0.5, 0.6) is 0 Å². The third-order valence-corrected chi connectivity index (χ3v) is 7.87. The normalized spacial score (nSPS) is 22.6. The minimum atomic E-state index is -3.24. The van der Waals surface area contributed by atoms with Crippen LogP contribution in [0, 0.1) is 5.92 Å². The van der Waals surface area contributed by atoms with Crippen LogP contribution in [-0.2, 0) is 14.8 Å². The van der Waals surface area contributed by atoms with E-state index >= 15 is 0 Å². The molecule has 1 aliphatic carbocycles. The van der Waals surface area contributed by atoms with Crippen LogP contribution in [-0.4, -0.2) is 43.1 Å². The fourth-order valence-corrected chi connectivity index (χ4v) is 5.20. The van der Waals surface area contributed by atoms with E-state index in [0.717, 1.165) is 44.9 Å². The number of sulfonamides is 1. The van der Waals surface area contributed by atoms with E-state index in [-0.39, 0.29) is 17.9 Å². The van der Waals surface area contributed by atoms with Crippen molar-refractivity contribution in [3.63, 3.8) is 0 Å². The van der Waals surface area contributed by atoms with Crippen molar-refractivity contribution in [1.29, 1.82) is 0 Å². The molecule has 0 aromatic heterocycles. The standard InChI is InChI=1S/C16H30N2O3S/c1-4-13(5-2)15(19)18-11-7-14(8-12-18)17-22(20,21)16(3)9-6-10-16/h13-14,17H,4-12H2,1-3H3. The van der Waals surface area contributed by atoms with Gasteiger partial charge in [0, 0.05) is 25.0 Å². The molecule has 0 aromatic rings. The Balaban J connectivity index is 1.86. The van der Waals surface area contributed by atoms with E-state index in [1.807, 2.05) is 25.7 Å². The second kappa shape index (κ2) is 6.87. The predicted octanol–water partition coefficient (Wildman–Crippen LogP) is 2.28. The van der Waals surface area contributed by atoms with Gasteiger partial charge >= 0.3 is 0 Å². The van der Waals surface area contributed by atoms with Gasteiger partial charge < -0.3 is 4.90 Å². The molecule has 1 amide bonds. The molecule has 1 N–H and O–H groups in total. The molecule has 0 spiro atoms. The molecule has 0 aromatic carbocycles. The second-order valence-electron chi connectivity index (χ2n) is 7.04. The lowest BCUT2D eigenvalue weighted by Gasteiger charge is -2.40. The first-order valence-corrected chi connectivity index (χ1v) is 10.1. The first-order valence-electron chi connectivity index (χ1n) is 8.63. The first kappa shape index (κ1) is 17.7. The maximum Gasteiger partial charge on any atom is 0.225 e. The Morgan fingerprint density at radius 1 is 1.23 bits per heavy atom. The quantitative estimate of drug-likeness (QED) is 0.812. The lowest BCUT2D eigenvalue weighted by molar-refractivity contribution is -0.136. The highest BCUT2D eigenvalue weighted by Crippen LogP contribution is 2.38. The molecule has 0 radical (unpaired) electrons. The molecular formula is C16H30N2O3S. The van der Waals surface area contributed by atoms with Crippen molar-refractivity contribution < 1.29 is 13.2 Å². The number of amides is 1. The topological polar surface area (TPSA) is 66.5 Å². The van der Waals surface area contributed by atoms with Crippen molar-refractivity contribution >= 4 is 15.9 Å². The summed E-state index contributed by atoms with van der Waals surface area (Å²) in [5.74, 6) is 0.347. The van der Waals surface area contributed by atoms with Gasteiger partial charge in [0.15, 0.2) is 0 Å². The number of likely N-dealkylation sites (tertiary alicyclic amines) is 1. The van der Waals surface area contributed by atoms with Gasteiger partial charge in [-0.2, -0.15) is 0 Å². The summed E-state index contributed by atoms with van der Waals surface area (Å²) in [6.07, 6.45) is 5.71. The van der Waals surface area contributed by atoms with Crippen LogP contribution in [0.25, 0.3) is 0 Å². The maximum absolute atomic E-state index is 12.4. The zero-order valence-corrected chi connectivity index (χ0v) is 14.9. The van der Waals surface area contributed by atoms with Crippen LogP contribution >= 0.6 is 0 Å². The summed E-state index contributed by atoms with van der Waals surface area (Å²) in [6, 6.07) is -0.0202. The van der Waals surface area contributed by atoms with E-state index in [9.17, 15) is 13.2 Å². The molecule has 0 bridgehead atoms. The number of nitrogens with one attached hydrogen (secondary N) is 1. The van der Waals surface area contributed by atoms with Crippen molar-refractivity contribution in [1.82, 2.24) is 9.62 Å². The summed E-state index contributed by atoms with van der Waals surface area (Å²) in [5.41, 5.74) is 0. The van der Waals surface area contributed by atoms with Gasteiger partial charge in [-0.05, 0) is 45.4 Å². The molecule has 2 aliphatic rings. The third kappa shape index (κ3) is 3.48. The summed E-state index contributed by atoms with van der Waals surface area (Å²) in [7, 11) is -3.24. The number of piperidine rings is 1. The van der Waals surface area contributed by atoms with Crippen molar-refractivity contribution in [3.8, 4) is 0 Å². The van der Waals surface area contributed by atoms with Crippen LogP contribution in [0.3, 0.4) is 0 Å². The largest absolute Gasteiger partial charge is 0.342 e. The summed E-state index contributed by atoms with van der Waals surface area (Å²) in [5, 5.41) is 0. The first-order chi connectivity index (χ1) is 10.3. The maximum atomic E-state index is 12.4. The highest BCUT2D eigenvalue weighted by atomic mass is 32.2. The Morgan fingerprint density at radius 3 is 2.18 bits per heavy atom. The van der Waals surface area contributed by atoms with Crippen LogP contribution in [0.2, 0.25) is 0 Å². The van der Waals surface area contributed by atoms with Gasteiger partial charge in [0.25, 0.3) is 0 Å². The lowest BCUT2D eigenvalue weighted by Crippen LogP contribution is -2.54. The average molecular weight is 330 g/mol. The van der Waals surface area contributed by atoms with Gasteiger partial charge in [0.05, 0.1) is 4.75 Å². The number of hydrogen-bond donors (Lipinski definition) is 1. The molecule has 6 heteroatoms. The molecule has 2 rings (SSSR count). The minimum absolute atomic E-state index is 0.0202. The SMILES string of the molecule is CCC(CC)C(=O)N1CCC(NS(=O)(=O)C2(C)CCC2)CC1. The number of nitrogens with zero attached hydrogens (tertiary/aromatic N) is 1. The van der Waals surface area contributed by atoms with Gasteiger partial charge in [-0.3, -0.25) is 4.79 Å². The summed E-state index contributed by atoms with van der Waals surface area (Å²) in [6.45, 7) is 7.27. The molecule has 5 nitrogen and oxygen atoms in total. The monoisotopic (exact) mass is 330 g/mol.